The van der Waals surface area contributed by atoms with Crippen LogP contribution in [0.5, 0.6) is 0 Å². The number of para-hydroxylation sites is 1. The normalized spacial score (nSPS) is 12.7. The lowest BCUT2D eigenvalue weighted by atomic mass is 10.1. The largest absolute Gasteiger partial charge is 0.461 e. The summed E-state index contributed by atoms with van der Waals surface area (Å²) in [6, 6.07) is 8.06. The van der Waals surface area contributed by atoms with Crippen LogP contribution in [0.2, 0.25) is 0 Å². The Kier molecular flexibility index (Phi) is 5.13. The van der Waals surface area contributed by atoms with Crippen LogP contribution in [0.4, 0.5) is 18.9 Å². The number of alkyl halides is 3. The lowest BCUT2D eigenvalue weighted by Gasteiger charge is -2.15. The Morgan fingerprint density at radius 3 is 2.67 bits per heavy atom. The molecular weight excluding hydrogens is 383 g/mol. The van der Waals surface area contributed by atoms with Crippen molar-refractivity contribution in [2.75, 3.05) is 11.2 Å². The number of thioether (sulfide) groups is 1. The lowest BCUT2D eigenvalue weighted by molar-refractivity contribution is -0.137. The van der Waals surface area contributed by atoms with Gasteiger partial charge in [-0.15, -0.1) is 10.2 Å². The first-order valence-electron chi connectivity index (χ1n) is 7.65. The highest BCUT2D eigenvalue weighted by Gasteiger charge is 2.34. The van der Waals surface area contributed by atoms with Gasteiger partial charge in [0.2, 0.25) is 16.9 Å². The molecule has 27 heavy (non-hydrogen) atoms. The molecule has 11 heteroatoms. The van der Waals surface area contributed by atoms with Crippen LogP contribution in [0.1, 0.15) is 12.5 Å². The van der Waals surface area contributed by atoms with Gasteiger partial charge in [0.15, 0.2) is 5.76 Å². The molecular formula is C16H14F3N5O2S. The monoisotopic (exact) mass is 397 g/mol. The van der Waals surface area contributed by atoms with Crippen LogP contribution in [0.3, 0.4) is 0 Å². The summed E-state index contributed by atoms with van der Waals surface area (Å²) in [5.74, 6) is 5.94. The fraction of sp³-hybridized carbons (Fsp3) is 0.188. The van der Waals surface area contributed by atoms with E-state index in [4.69, 9.17) is 10.3 Å². The van der Waals surface area contributed by atoms with Crippen molar-refractivity contribution in [3.8, 4) is 11.6 Å². The van der Waals surface area contributed by atoms with Crippen molar-refractivity contribution in [1.82, 2.24) is 14.9 Å². The van der Waals surface area contributed by atoms with Crippen LogP contribution in [-0.4, -0.2) is 26.0 Å². The van der Waals surface area contributed by atoms with E-state index in [2.05, 4.69) is 15.5 Å². The fourth-order valence-electron chi connectivity index (χ4n) is 2.22. The van der Waals surface area contributed by atoms with Crippen molar-refractivity contribution in [3.63, 3.8) is 0 Å². The minimum absolute atomic E-state index is 0.216. The highest BCUT2D eigenvalue weighted by molar-refractivity contribution is 8.00. The first-order valence-corrected chi connectivity index (χ1v) is 8.53. The maximum atomic E-state index is 13.0. The summed E-state index contributed by atoms with van der Waals surface area (Å²) >= 11 is 0.958. The summed E-state index contributed by atoms with van der Waals surface area (Å²) in [5.41, 5.74) is -1.23. The maximum Gasteiger partial charge on any atom is 0.418 e. The van der Waals surface area contributed by atoms with Crippen LogP contribution >= 0.6 is 11.8 Å². The van der Waals surface area contributed by atoms with Crippen molar-refractivity contribution in [1.29, 1.82) is 0 Å². The van der Waals surface area contributed by atoms with Gasteiger partial charge in [-0.2, -0.15) is 13.2 Å². The molecule has 3 rings (SSSR count). The Labute approximate surface area is 155 Å². The maximum absolute atomic E-state index is 13.0. The van der Waals surface area contributed by atoms with Gasteiger partial charge < -0.3 is 15.6 Å². The molecule has 1 amide bonds. The number of benzene rings is 1. The van der Waals surface area contributed by atoms with E-state index in [0.717, 1.165) is 22.5 Å². The average Bonchev–Trinajstić information content (AvgIpc) is 3.25. The smallest absolute Gasteiger partial charge is 0.418 e. The minimum atomic E-state index is -4.57. The van der Waals surface area contributed by atoms with Crippen molar-refractivity contribution in [2.45, 2.75) is 23.5 Å². The van der Waals surface area contributed by atoms with E-state index in [0.29, 0.717) is 5.76 Å². The van der Waals surface area contributed by atoms with Gasteiger partial charge >= 0.3 is 6.18 Å². The molecule has 3 N–H and O–H groups in total. The lowest BCUT2D eigenvalue weighted by Crippen LogP contribution is -2.25. The molecule has 0 bridgehead atoms. The third-order valence-corrected chi connectivity index (χ3v) is 4.60. The number of aromatic nitrogens is 3. The standard InChI is InChI=1S/C16H14F3N5O2S/c1-9(14(25)21-11-6-3-2-5-10(11)16(17,18)19)27-15-23-22-13(24(15)20)12-7-4-8-26-12/h2-9H,20H2,1H3,(H,21,25). The quantitative estimate of drug-likeness (QED) is 0.506. The van der Waals surface area contributed by atoms with Crippen LogP contribution in [0.25, 0.3) is 11.6 Å². The molecule has 0 saturated heterocycles. The summed E-state index contributed by atoms with van der Waals surface area (Å²) in [4.78, 5) is 12.3. The van der Waals surface area contributed by atoms with Gasteiger partial charge in [-0.05, 0) is 31.2 Å². The summed E-state index contributed by atoms with van der Waals surface area (Å²) in [6.45, 7) is 1.53. The Morgan fingerprint density at radius 1 is 1.26 bits per heavy atom. The number of nitrogens with two attached hydrogens (primary N) is 1. The first-order chi connectivity index (χ1) is 12.8. The summed E-state index contributed by atoms with van der Waals surface area (Å²) in [5, 5.41) is 9.52. The van der Waals surface area contributed by atoms with E-state index in [9.17, 15) is 18.0 Å². The van der Waals surface area contributed by atoms with Crippen LogP contribution in [0.15, 0.2) is 52.2 Å². The van der Waals surface area contributed by atoms with E-state index in [1.54, 1.807) is 12.1 Å². The van der Waals surface area contributed by atoms with Gasteiger partial charge in [0.25, 0.3) is 0 Å². The Morgan fingerprint density at radius 2 is 2.00 bits per heavy atom. The zero-order valence-electron chi connectivity index (χ0n) is 13.9. The number of hydrogen-bond donors (Lipinski definition) is 2. The predicted molar refractivity (Wildman–Crippen MR) is 93.3 cm³/mol. The van der Waals surface area contributed by atoms with E-state index in [-0.39, 0.29) is 16.7 Å². The van der Waals surface area contributed by atoms with Gasteiger partial charge in [0.1, 0.15) is 0 Å². The van der Waals surface area contributed by atoms with Crippen molar-refractivity contribution in [2.24, 2.45) is 0 Å². The fourth-order valence-corrected chi connectivity index (χ4v) is 2.99. The number of furan rings is 1. The van der Waals surface area contributed by atoms with Crippen LogP contribution in [-0.2, 0) is 11.0 Å². The van der Waals surface area contributed by atoms with E-state index in [1.807, 2.05) is 0 Å². The first kappa shape index (κ1) is 18.8. The molecule has 0 saturated carbocycles. The SMILES string of the molecule is CC(Sc1nnc(-c2ccco2)n1N)C(=O)Nc1ccccc1C(F)(F)F. The molecule has 2 heterocycles. The van der Waals surface area contributed by atoms with Gasteiger partial charge in [-0.3, -0.25) is 4.79 Å². The topological polar surface area (TPSA) is 99.0 Å². The Balaban J connectivity index is 1.73. The number of amides is 1. The van der Waals surface area contributed by atoms with Crippen molar-refractivity contribution >= 4 is 23.4 Å². The number of rotatable bonds is 5. The molecule has 0 aliphatic carbocycles. The van der Waals surface area contributed by atoms with E-state index >= 15 is 0 Å². The average molecular weight is 397 g/mol. The second-order valence-corrected chi connectivity index (χ2v) is 6.75. The molecule has 2 aromatic heterocycles. The summed E-state index contributed by atoms with van der Waals surface area (Å²) in [7, 11) is 0. The third-order valence-electron chi connectivity index (χ3n) is 3.55. The number of carbonyl (C=O) groups excluding carboxylic acids is 1. The van der Waals surface area contributed by atoms with Crippen molar-refractivity contribution < 1.29 is 22.4 Å². The van der Waals surface area contributed by atoms with Crippen LogP contribution in [0, 0.1) is 0 Å². The van der Waals surface area contributed by atoms with Crippen LogP contribution < -0.4 is 11.2 Å². The Hall–Kier alpha value is -2.95. The molecule has 1 atom stereocenters. The zero-order valence-corrected chi connectivity index (χ0v) is 14.7. The molecule has 3 aromatic rings. The number of hydrogen-bond acceptors (Lipinski definition) is 6. The highest BCUT2D eigenvalue weighted by atomic mass is 32.2. The number of nitrogen functional groups attached to an aromatic ring is 1. The summed E-state index contributed by atoms with van der Waals surface area (Å²) in [6.07, 6.45) is -3.12. The Bertz CT molecular complexity index is 940. The van der Waals surface area contributed by atoms with E-state index < -0.39 is 22.9 Å². The highest BCUT2D eigenvalue weighted by Crippen LogP contribution is 2.35. The number of nitrogens with zero attached hydrogens (tertiary/aromatic N) is 3. The second kappa shape index (κ2) is 7.35. The predicted octanol–water partition coefficient (Wildman–Crippen LogP) is 3.39. The molecule has 7 nitrogen and oxygen atoms in total. The molecule has 0 aliphatic rings. The zero-order chi connectivity index (χ0) is 19.6. The van der Waals surface area contributed by atoms with Gasteiger partial charge in [-0.25, -0.2) is 4.68 Å². The molecule has 1 unspecified atom stereocenters. The number of carbonyl (C=O) groups is 1. The third kappa shape index (κ3) is 4.08. The second-order valence-electron chi connectivity index (χ2n) is 5.45. The molecule has 0 radical (unpaired) electrons. The van der Waals surface area contributed by atoms with E-state index in [1.165, 1.54) is 31.4 Å². The molecule has 1 aromatic carbocycles. The number of halogens is 3. The van der Waals surface area contributed by atoms with Gasteiger partial charge in [0.05, 0.1) is 22.8 Å². The van der Waals surface area contributed by atoms with Gasteiger partial charge in [-0.1, -0.05) is 23.9 Å². The molecule has 0 spiro atoms. The van der Waals surface area contributed by atoms with Gasteiger partial charge in [0, 0.05) is 0 Å². The number of nitrogens with one attached hydrogen (secondary N) is 1. The molecule has 142 valence electrons. The van der Waals surface area contributed by atoms with Crippen molar-refractivity contribution in [3.05, 3.63) is 48.2 Å². The summed E-state index contributed by atoms with van der Waals surface area (Å²) < 4.78 is 45.4. The molecule has 0 fully saturated rings. The minimum Gasteiger partial charge on any atom is -0.461 e. The molecule has 0 aliphatic heterocycles. The number of anilines is 1.